The lowest BCUT2D eigenvalue weighted by atomic mass is 10.0. The van der Waals surface area contributed by atoms with Gasteiger partial charge in [0, 0.05) is 11.3 Å². The Morgan fingerprint density at radius 1 is 1.14 bits per heavy atom. The van der Waals surface area contributed by atoms with Gasteiger partial charge in [0.15, 0.2) is 5.78 Å². The van der Waals surface area contributed by atoms with Crippen molar-refractivity contribution in [1.29, 1.82) is 0 Å². The van der Waals surface area contributed by atoms with E-state index in [9.17, 15) is 9.18 Å². The van der Waals surface area contributed by atoms with Gasteiger partial charge in [-0.1, -0.05) is 0 Å². The highest BCUT2D eigenvalue weighted by Gasteiger charge is 2.21. The van der Waals surface area contributed by atoms with Crippen molar-refractivity contribution in [2.24, 2.45) is 0 Å². The van der Waals surface area contributed by atoms with E-state index in [0.717, 1.165) is 6.07 Å². The molecular weight excluding hydrogens is 341 g/mol. The number of hydrogen-bond acceptors (Lipinski definition) is 4. The third-order valence-corrected chi connectivity index (χ3v) is 3.74. The molecule has 0 saturated heterocycles. The first-order chi connectivity index (χ1) is 9.99. The topological polar surface area (TPSA) is 61.5 Å². The van der Waals surface area contributed by atoms with Gasteiger partial charge in [-0.25, -0.2) is 4.39 Å². The van der Waals surface area contributed by atoms with Crippen LogP contribution in [0.1, 0.15) is 15.9 Å². The van der Waals surface area contributed by atoms with Crippen LogP contribution >= 0.6 is 15.9 Å². The fraction of sp³-hybridized carbons (Fsp3) is 0.133. The summed E-state index contributed by atoms with van der Waals surface area (Å²) in [6, 6.07) is 6.87. The van der Waals surface area contributed by atoms with E-state index in [1.165, 1.54) is 26.4 Å². The fourth-order valence-corrected chi connectivity index (χ4v) is 2.63. The van der Waals surface area contributed by atoms with E-state index >= 15 is 0 Å². The molecule has 0 bridgehead atoms. The normalized spacial score (nSPS) is 10.3. The minimum absolute atomic E-state index is 0.0778. The van der Waals surface area contributed by atoms with Crippen LogP contribution in [0.2, 0.25) is 0 Å². The van der Waals surface area contributed by atoms with Crippen LogP contribution in [-0.4, -0.2) is 20.0 Å². The Morgan fingerprint density at radius 3 is 2.38 bits per heavy atom. The van der Waals surface area contributed by atoms with Gasteiger partial charge in [0.05, 0.1) is 19.8 Å². The molecule has 0 spiro atoms. The molecule has 0 radical (unpaired) electrons. The molecular formula is C15H13BrFNO3. The number of carbonyl (C=O) groups excluding carboxylic acids is 1. The Balaban J connectivity index is 2.55. The summed E-state index contributed by atoms with van der Waals surface area (Å²) in [7, 11) is 2.96. The zero-order valence-electron chi connectivity index (χ0n) is 11.4. The summed E-state index contributed by atoms with van der Waals surface area (Å²) in [6.07, 6.45) is 0. The first-order valence-electron chi connectivity index (χ1n) is 5.99. The molecule has 4 nitrogen and oxygen atoms in total. The Morgan fingerprint density at radius 2 is 1.81 bits per heavy atom. The molecule has 2 N–H and O–H groups in total. The van der Waals surface area contributed by atoms with Gasteiger partial charge in [0.1, 0.15) is 21.8 Å². The fourth-order valence-electron chi connectivity index (χ4n) is 1.96. The summed E-state index contributed by atoms with van der Waals surface area (Å²) in [5, 5.41) is 0. The smallest absolute Gasteiger partial charge is 0.198 e. The zero-order chi connectivity index (χ0) is 15.6. The van der Waals surface area contributed by atoms with Crippen LogP contribution in [0.3, 0.4) is 0 Å². The van der Waals surface area contributed by atoms with Crippen molar-refractivity contribution in [3.63, 3.8) is 0 Å². The Kier molecular flexibility index (Phi) is 4.47. The van der Waals surface area contributed by atoms with Gasteiger partial charge in [-0.05, 0) is 46.3 Å². The molecule has 0 amide bonds. The molecule has 0 heterocycles. The minimum Gasteiger partial charge on any atom is -0.495 e. The van der Waals surface area contributed by atoms with Crippen molar-refractivity contribution in [3.8, 4) is 11.5 Å². The highest BCUT2D eigenvalue weighted by atomic mass is 79.9. The van der Waals surface area contributed by atoms with Gasteiger partial charge in [0.2, 0.25) is 0 Å². The van der Waals surface area contributed by atoms with Crippen LogP contribution in [0, 0.1) is 5.82 Å². The third kappa shape index (κ3) is 2.85. The summed E-state index contributed by atoms with van der Waals surface area (Å²) < 4.78 is 24.0. The molecule has 0 aliphatic rings. The Bertz CT molecular complexity index is 704. The second-order valence-electron chi connectivity index (χ2n) is 4.22. The lowest BCUT2D eigenvalue weighted by Gasteiger charge is -2.13. The first kappa shape index (κ1) is 15.3. The van der Waals surface area contributed by atoms with Crippen LogP contribution in [0.25, 0.3) is 0 Å². The average Bonchev–Trinajstić information content (AvgIpc) is 2.46. The predicted octanol–water partition coefficient (Wildman–Crippen LogP) is 3.42. The molecule has 0 fully saturated rings. The summed E-state index contributed by atoms with van der Waals surface area (Å²) in [5.41, 5.74) is 6.31. The van der Waals surface area contributed by atoms with Crippen LogP contribution in [-0.2, 0) is 0 Å². The van der Waals surface area contributed by atoms with Crippen molar-refractivity contribution >= 4 is 27.4 Å². The van der Waals surface area contributed by atoms with Crippen molar-refractivity contribution in [2.75, 3.05) is 20.0 Å². The van der Waals surface area contributed by atoms with Crippen LogP contribution in [0.5, 0.6) is 11.5 Å². The van der Waals surface area contributed by atoms with Gasteiger partial charge in [-0.15, -0.1) is 0 Å². The molecule has 0 saturated carbocycles. The van der Waals surface area contributed by atoms with E-state index in [1.807, 2.05) is 0 Å². The largest absolute Gasteiger partial charge is 0.495 e. The summed E-state index contributed by atoms with van der Waals surface area (Å²) in [4.78, 5) is 12.6. The molecule has 110 valence electrons. The van der Waals surface area contributed by atoms with Crippen LogP contribution < -0.4 is 15.2 Å². The van der Waals surface area contributed by atoms with Crippen LogP contribution in [0.15, 0.2) is 34.8 Å². The van der Waals surface area contributed by atoms with Gasteiger partial charge < -0.3 is 15.2 Å². The van der Waals surface area contributed by atoms with E-state index in [2.05, 4.69) is 15.9 Å². The maximum Gasteiger partial charge on any atom is 0.198 e. The lowest BCUT2D eigenvalue weighted by molar-refractivity contribution is 0.103. The number of carbonyl (C=O) groups is 1. The summed E-state index contributed by atoms with van der Waals surface area (Å²) in [6.45, 7) is 0. The van der Waals surface area contributed by atoms with E-state index in [-0.39, 0.29) is 17.0 Å². The number of rotatable bonds is 4. The molecule has 21 heavy (non-hydrogen) atoms. The molecule has 2 aromatic rings. The molecule has 2 rings (SSSR count). The number of ether oxygens (including phenoxy) is 2. The minimum atomic E-state index is -0.494. The third-order valence-electron chi connectivity index (χ3n) is 2.99. The van der Waals surface area contributed by atoms with Crippen molar-refractivity contribution < 1.29 is 18.7 Å². The summed E-state index contributed by atoms with van der Waals surface area (Å²) in [5.74, 6) is 0.0261. The number of nitrogen functional groups attached to an aromatic ring is 1. The molecule has 0 atom stereocenters. The highest BCUT2D eigenvalue weighted by molar-refractivity contribution is 9.10. The maximum absolute atomic E-state index is 13.1. The predicted molar refractivity (Wildman–Crippen MR) is 81.5 cm³/mol. The number of nitrogens with two attached hydrogens (primary N) is 1. The first-order valence-corrected chi connectivity index (χ1v) is 6.79. The second-order valence-corrected chi connectivity index (χ2v) is 5.02. The molecule has 6 heteroatoms. The summed E-state index contributed by atoms with van der Waals surface area (Å²) >= 11 is 3.33. The van der Waals surface area contributed by atoms with Crippen LogP contribution in [0.4, 0.5) is 10.1 Å². The van der Waals surface area contributed by atoms with Gasteiger partial charge >= 0.3 is 0 Å². The van der Waals surface area contributed by atoms with E-state index in [0.29, 0.717) is 21.5 Å². The zero-order valence-corrected chi connectivity index (χ0v) is 13.0. The van der Waals surface area contributed by atoms with Gasteiger partial charge in [0.25, 0.3) is 0 Å². The quantitative estimate of drug-likeness (QED) is 0.675. The molecule has 0 aliphatic carbocycles. The average molecular weight is 354 g/mol. The van der Waals surface area contributed by atoms with Gasteiger partial charge in [-0.2, -0.15) is 0 Å². The Labute approximate surface area is 129 Å². The number of hydrogen-bond donors (Lipinski definition) is 1. The molecule has 2 aromatic carbocycles. The number of anilines is 1. The molecule has 0 unspecified atom stereocenters. The Hall–Kier alpha value is -2.08. The van der Waals surface area contributed by atoms with E-state index in [4.69, 9.17) is 15.2 Å². The lowest BCUT2D eigenvalue weighted by Crippen LogP contribution is -2.08. The van der Waals surface area contributed by atoms with Gasteiger partial charge in [-0.3, -0.25) is 4.79 Å². The molecule has 0 aliphatic heterocycles. The number of benzene rings is 2. The SMILES string of the molecule is COc1ccc(C(=O)c2ccc(F)cc2N)c(OC)c1Br. The maximum atomic E-state index is 13.1. The standard InChI is InChI=1S/C15H13BrFNO3/c1-20-12-6-5-10(15(21-2)13(12)16)14(19)9-4-3-8(17)7-11(9)18/h3-7H,18H2,1-2H3. The van der Waals surface area contributed by atoms with Crippen molar-refractivity contribution in [3.05, 3.63) is 51.7 Å². The highest BCUT2D eigenvalue weighted by Crippen LogP contribution is 2.38. The molecule has 0 aromatic heterocycles. The number of halogens is 2. The van der Waals surface area contributed by atoms with E-state index < -0.39 is 5.82 Å². The van der Waals surface area contributed by atoms with Crippen molar-refractivity contribution in [1.82, 2.24) is 0 Å². The van der Waals surface area contributed by atoms with E-state index in [1.54, 1.807) is 12.1 Å². The number of methoxy groups -OCH3 is 2. The monoisotopic (exact) mass is 353 g/mol. The number of ketones is 1. The second kappa shape index (κ2) is 6.13. The van der Waals surface area contributed by atoms with Crippen molar-refractivity contribution in [2.45, 2.75) is 0 Å².